The third-order valence-electron chi connectivity index (χ3n) is 6.72. The molecule has 4 aromatic carbocycles. The number of hydrogen-bond acceptors (Lipinski definition) is 1. The second-order valence-electron chi connectivity index (χ2n) is 8.04. The number of rotatable bonds is 0. The Hall–Kier alpha value is -3.32. The summed E-state index contributed by atoms with van der Waals surface area (Å²) in [5.74, 6) is 1.02. The summed E-state index contributed by atoms with van der Waals surface area (Å²) >= 11 is 0. The summed E-state index contributed by atoms with van der Waals surface area (Å²) in [4.78, 5) is 0. The van der Waals surface area contributed by atoms with E-state index in [0.29, 0.717) is 0 Å². The van der Waals surface area contributed by atoms with Crippen molar-refractivity contribution in [3.63, 3.8) is 0 Å². The second-order valence-corrected chi connectivity index (χ2v) is 8.04. The lowest BCUT2D eigenvalue weighted by Crippen LogP contribution is -2.34. The Morgan fingerprint density at radius 3 is 1.86 bits per heavy atom. The molecule has 0 unspecified atom stereocenters. The molecule has 3 aliphatic rings. The van der Waals surface area contributed by atoms with E-state index >= 15 is 0 Å². The van der Waals surface area contributed by atoms with Gasteiger partial charge in [-0.1, -0.05) is 78.9 Å². The Morgan fingerprint density at radius 1 is 0.571 bits per heavy atom. The van der Waals surface area contributed by atoms with Gasteiger partial charge in [-0.2, -0.15) is 0 Å². The fourth-order valence-corrected chi connectivity index (χ4v) is 5.55. The van der Waals surface area contributed by atoms with E-state index in [-0.39, 0.29) is 0 Å². The van der Waals surface area contributed by atoms with Crippen LogP contribution in [0.1, 0.15) is 38.9 Å². The first-order chi connectivity index (χ1) is 13.9. The van der Waals surface area contributed by atoms with Gasteiger partial charge in [0, 0.05) is 22.1 Å². The molecule has 1 aliphatic heterocycles. The number of ether oxygens (including phenoxy) is 1. The van der Waals surface area contributed by atoms with Gasteiger partial charge in [-0.15, -0.1) is 0 Å². The van der Waals surface area contributed by atoms with E-state index in [1.54, 1.807) is 0 Å². The molecule has 0 atom stereocenters. The van der Waals surface area contributed by atoms with E-state index in [0.717, 1.165) is 18.6 Å². The van der Waals surface area contributed by atoms with Crippen molar-refractivity contribution in [1.29, 1.82) is 0 Å². The molecule has 132 valence electrons. The maximum absolute atomic E-state index is 6.98. The van der Waals surface area contributed by atoms with Crippen molar-refractivity contribution in [2.75, 3.05) is 0 Å². The molecular formula is C27H18O. The van der Waals surface area contributed by atoms with Gasteiger partial charge < -0.3 is 4.74 Å². The van der Waals surface area contributed by atoms with Crippen molar-refractivity contribution >= 4 is 22.9 Å². The maximum atomic E-state index is 6.98. The molecule has 0 radical (unpaired) electrons. The zero-order valence-corrected chi connectivity index (χ0v) is 15.4. The molecule has 2 aliphatic carbocycles. The van der Waals surface area contributed by atoms with Crippen molar-refractivity contribution in [2.45, 2.75) is 18.4 Å². The lowest BCUT2D eigenvalue weighted by molar-refractivity contribution is 0.173. The lowest BCUT2D eigenvalue weighted by Gasteiger charge is -2.33. The van der Waals surface area contributed by atoms with Gasteiger partial charge in [0.2, 0.25) is 0 Å². The standard InChI is InChI=1S/C27H18O/c1-3-7-21-17(5-1)9-10-18-6-2-4-8-22(18)27(21)23-15-13-19-11-12-20-14-16-24(28-27)26(23)25(19)20/h1-10,13-16H,11-12H2. The second kappa shape index (κ2) is 4.94. The van der Waals surface area contributed by atoms with Gasteiger partial charge in [-0.05, 0) is 46.5 Å². The SMILES string of the molecule is C1=Cc2ccccc2C2(Oc3ccc4c5c(ccc2c35)CC4)c2ccccc21. The van der Waals surface area contributed by atoms with Gasteiger partial charge in [0.1, 0.15) is 5.75 Å². The first-order valence-corrected chi connectivity index (χ1v) is 10.0. The van der Waals surface area contributed by atoms with E-state index in [2.05, 4.69) is 84.9 Å². The van der Waals surface area contributed by atoms with Crippen molar-refractivity contribution in [2.24, 2.45) is 0 Å². The van der Waals surface area contributed by atoms with Crippen molar-refractivity contribution in [1.82, 2.24) is 0 Å². The van der Waals surface area contributed by atoms with Crippen LogP contribution in [0.25, 0.3) is 22.9 Å². The molecule has 0 aromatic heterocycles. The molecule has 28 heavy (non-hydrogen) atoms. The van der Waals surface area contributed by atoms with Crippen LogP contribution in [0.2, 0.25) is 0 Å². The van der Waals surface area contributed by atoms with Crippen LogP contribution in [0.4, 0.5) is 0 Å². The van der Waals surface area contributed by atoms with Crippen LogP contribution in [-0.2, 0) is 18.4 Å². The molecule has 1 spiro atoms. The zero-order valence-electron chi connectivity index (χ0n) is 15.4. The molecule has 7 rings (SSSR count). The van der Waals surface area contributed by atoms with Gasteiger partial charge >= 0.3 is 0 Å². The predicted octanol–water partition coefficient (Wildman–Crippen LogP) is 6.11. The summed E-state index contributed by atoms with van der Waals surface area (Å²) in [5.41, 5.74) is 8.50. The fourth-order valence-electron chi connectivity index (χ4n) is 5.55. The van der Waals surface area contributed by atoms with E-state index in [9.17, 15) is 0 Å². The molecule has 1 nitrogen and oxygen atoms in total. The Kier molecular flexibility index (Phi) is 2.59. The maximum Gasteiger partial charge on any atom is 0.186 e. The average molecular weight is 358 g/mol. The van der Waals surface area contributed by atoms with Crippen LogP contribution < -0.4 is 4.74 Å². The van der Waals surface area contributed by atoms with E-state index < -0.39 is 5.60 Å². The molecule has 1 heteroatoms. The van der Waals surface area contributed by atoms with Gasteiger partial charge in [0.15, 0.2) is 5.60 Å². The van der Waals surface area contributed by atoms with Gasteiger partial charge in [0.25, 0.3) is 0 Å². The Morgan fingerprint density at radius 2 is 1.18 bits per heavy atom. The minimum atomic E-state index is -0.598. The minimum absolute atomic E-state index is 0.598. The van der Waals surface area contributed by atoms with Crippen LogP contribution in [0.15, 0.2) is 72.8 Å². The summed E-state index contributed by atoms with van der Waals surface area (Å²) in [6.45, 7) is 0. The van der Waals surface area contributed by atoms with Crippen LogP contribution in [0.3, 0.4) is 0 Å². The lowest BCUT2D eigenvalue weighted by atomic mass is 9.77. The summed E-state index contributed by atoms with van der Waals surface area (Å²) in [6.07, 6.45) is 6.73. The molecule has 0 saturated heterocycles. The quantitative estimate of drug-likeness (QED) is 0.369. The molecule has 0 N–H and O–H groups in total. The summed E-state index contributed by atoms with van der Waals surface area (Å²) in [7, 11) is 0. The number of benzene rings is 4. The van der Waals surface area contributed by atoms with Gasteiger partial charge in [-0.3, -0.25) is 0 Å². The molecule has 0 amide bonds. The topological polar surface area (TPSA) is 9.23 Å². The fraction of sp³-hybridized carbons (Fsp3) is 0.111. The number of aryl methyl sites for hydroxylation is 2. The van der Waals surface area contributed by atoms with Crippen LogP contribution in [0.5, 0.6) is 5.75 Å². The summed E-state index contributed by atoms with van der Waals surface area (Å²) in [6, 6.07) is 26.4. The van der Waals surface area contributed by atoms with Gasteiger partial charge in [0.05, 0.1) is 0 Å². The Bertz CT molecular complexity index is 1280. The molecule has 0 saturated carbocycles. The zero-order chi connectivity index (χ0) is 18.3. The van der Waals surface area contributed by atoms with Crippen molar-refractivity contribution < 1.29 is 4.74 Å². The van der Waals surface area contributed by atoms with E-state index in [1.165, 1.54) is 49.7 Å². The first-order valence-electron chi connectivity index (χ1n) is 10.0. The summed E-state index contributed by atoms with van der Waals surface area (Å²) < 4.78 is 6.98. The van der Waals surface area contributed by atoms with Gasteiger partial charge in [-0.25, -0.2) is 0 Å². The monoisotopic (exact) mass is 358 g/mol. The molecule has 4 aromatic rings. The predicted molar refractivity (Wildman–Crippen MR) is 114 cm³/mol. The highest BCUT2D eigenvalue weighted by Gasteiger charge is 2.48. The summed E-state index contributed by atoms with van der Waals surface area (Å²) in [5, 5.41) is 2.75. The Labute approximate surface area is 163 Å². The highest BCUT2D eigenvalue weighted by Crippen LogP contribution is 2.55. The first kappa shape index (κ1) is 14.7. The molecular weight excluding hydrogens is 340 g/mol. The minimum Gasteiger partial charge on any atom is -0.472 e. The van der Waals surface area contributed by atoms with Crippen molar-refractivity contribution in [3.05, 3.63) is 112 Å². The highest BCUT2D eigenvalue weighted by molar-refractivity contribution is 6.01. The number of hydrogen-bond donors (Lipinski definition) is 0. The highest BCUT2D eigenvalue weighted by atomic mass is 16.5. The third kappa shape index (κ3) is 1.60. The molecule has 0 bridgehead atoms. The van der Waals surface area contributed by atoms with Crippen LogP contribution >= 0.6 is 0 Å². The van der Waals surface area contributed by atoms with Crippen LogP contribution in [-0.4, -0.2) is 0 Å². The molecule has 0 fully saturated rings. The number of fused-ring (bicyclic) bond motifs is 5. The van der Waals surface area contributed by atoms with Crippen LogP contribution in [0, 0.1) is 0 Å². The van der Waals surface area contributed by atoms with E-state index in [4.69, 9.17) is 4.74 Å². The Balaban J connectivity index is 1.68. The smallest absolute Gasteiger partial charge is 0.186 e. The normalized spacial score (nSPS) is 16.7. The largest absolute Gasteiger partial charge is 0.472 e. The van der Waals surface area contributed by atoms with Crippen molar-refractivity contribution in [3.8, 4) is 5.75 Å². The molecule has 1 heterocycles. The average Bonchev–Trinajstić information content (AvgIpc) is 3.27. The third-order valence-corrected chi connectivity index (χ3v) is 6.72. The van der Waals surface area contributed by atoms with E-state index in [1.807, 2.05) is 0 Å².